The lowest BCUT2D eigenvalue weighted by Crippen LogP contribution is -2.49. The number of hydrogen-bond donors (Lipinski definition) is 1. The van der Waals surface area contributed by atoms with E-state index < -0.39 is 5.82 Å². The summed E-state index contributed by atoms with van der Waals surface area (Å²) in [7, 11) is 0. The van der Waals surface area contributed by atoms with Crippen LogP contribution in [0.5, 0.6) is 0 Å². The number of piperazine rings is 1. The van der Waals surface area contributed by atoms with Crippen molar-refractivity contribution in [2.24, 2.45) is 0 Å². The average Bonchev–Trinajstić information content (AvgIpc) is 3.25. The molecule has 0 unspecified atom stereocenters. The molecule has 102 valence electrons. The maximum Gasteiger partial charge on any atom is 0.256 e. The summed E-state index contributed by atoms with van der Waals surface area (Å²) in [5.74, 6) is -0.746. The van der Waals surface area contributed by atoms with Gasteiger partial charge in [-0.25, -0.2) is 4.39 Å². The highest BCUT2D eigenvalue weighted by atomic mass is 19.1. The van der Waals surface area contributed by atoms with Crippen LogP contribution in [0.1, 0.15) is 23.2 Å². The summed E-state index contributed by atoms with van der Waals surface area (Å²) >= 11 is 0. The van der Waals surface area contributed by atoms with E-state index in [2.05, 4.69) is 4.90 Å². The molecule has 2 N–H and O–H groups in total. The molecule has 1 aliphatic heterocycles. The van der Waals surface area contributed by atoms with Crippen LogP contribution in [0, 0.1) is 5.82 Å². The third kappa shape index (κ3) is 2.56. The highest BCUT2D eigenvalue weighted by Gasteiger charge is 2.32. The molecular weight excluding hydrogens is 245 g/mol. The first kappa shape index (κ1) is 12.4. The van der Waals surface area contributed by atoms with Crippen molar-refractivity contribution in [2.45, 2.75) is 18.9 Å². The number of anilines is 1. The van der Waals surface area contributed by atoms with Gasteiger partial charge < -0.3 is 10.6 Å². The Hall–Kier alpha value is -1.62. The maximum absolute atomic E-state index is 13.7. The van der Waals surface area contributed by atoms with Crippen LogP contribution >= 0.6 is 0 Å². The second kappa shape index (κ2) is 4.81. The van der Waals surface area contributed by atoms with Crippen LogP contribution in [-0.2, 0) is 0 Å². The number of nitrogens with two attached hydrogens (primary N) is 1. The molecule has 1 aromatic rings. The Morgan fingerprint density at radius 1 is 1.21 bits per heavy atom. The van der Waals surface area contributed by atoms with Gasteiger partial charge in [-0.05, 0) is 31.0 Å². The largest absolute Gasteiger partial charge is 0.399 e. The molecule has 5 heteroatoms. The molecule has 0 spiro atoms. The fourth-order valence-corrected chi connectivity index (χ4v) is 2.61. The van der Waals surface area contributed by atoms with Crippen molar-refractivity contribution in [2.75, 3.05) is 31.9 Å². The quantitative estimate of drug-likeness (QED) is 0.819. The van der Waals surface area contributed by atoms with Crippen LogP contribution in [0.4, 0.5) is 10.1 Å². The van der Waals surface area contributed by atoms with E-state index >= 15 is 0 Å². The van der Waals surface area contributed by atoms with Gasteiger partial charge in [0.2, 0.25) is 0 Å². The molecule has 0 radical (unpaired) electrons. The molecule has 3 rings (SSSR count). The minimum atomic E-state index is -0.496. The summed E-state index contributed by atoms with van der Waals surface area (Å²) in [4.78, 5) is 16.4. The summed E-state index contributed by atoms with van der Waals surface area (Å²) in [5, 5.41) is 0. The number of carbonyl (C=O) groups is 1. The van der Waals surface area contributed by atoms with Crippen LogP contribution in [0.2, 0.25) is 0 Å². The Kier molecular flexibility index (Phi) is 3.14. The molecule has 0 bridgehead atoms. The third-order valence-corrected chi connectivity index (χ3v) is 3.89. The smallest absolute Gasteiger partial charge is 0.256 e. The van der Waals surface area contributed by atoms with Gasteiger partial charge in [0.1, 0.15) is 5.82 Å². The van der Waals surface area contributed by atoms with Crippen LogP contribution in [0.15, 0.2) is 18.2 Å². The van der Waals surface area contributed by atoms with E-state index in [-0.39, 0.29) is 11.5 Å². The summed E-state index contributed by atoms with van der Waals surface area (Å²) in [6, 6.07) is 4.87. The summed E-state index contributed by atoms with van der Waals surface area (Å²) < 4.78 is 13.7. The highest BCUT2D eigenvalue weighted by molar-refractivity contribution is 5.95. The van der Waals surface area contributed by atoms with E-state index in [0.717, 1.165) is 19.1 Å². The lowest BCUT2D eigenvalue weighted by Gasteiger charge is -2.34. The van der Waals surface area contributed by atoms with Gasteiger partial charge >= 0.3 is 0 Å². The zero-order valence-corrected chi connectivity index (χ0v) is 10.8. The first-order valence-electron chi connectivity index (χ1n) is 6.73. The van der Waals surface area contributed by atoms with E-state index in [9.17, 15) is 9.18 Å². The fraction of sp³-hybridized carbons (Fsp3) is 0.500. The zero-order valence-electron chi connectivity index (χ0n) is 10.8. The molecule has 2 aliphatic rings. The Labute approximate surface area is 112 Å². The van der Waals surface area contributed by atoms with Gasteiger partial charge in [0, 0.05) is 37.9 Å². The number of nitrogen functional groups attached to an aromatic ring is 1. The maximum atomic E-state index is 13.7. The number of amides is 1. The molecule has 0 atom stereocenters. The fourth-order valence-electron chi connectivity index (χ4n) is 2.61. The number of nitrogens with zero attached hydrogens (tertiary/aromatic N) is 2. The van der Waals surface area contributed by atoms with Crippen molar-refractivity contribution >= 4 is 11.6 Å². The summed E-state index contributed by atoms with van der Waals surface area (Å²) in [6.07, 6.45) is 2.55. The first-order valence-corrected chi connectivity index (χ1v) is 6.73. The summed E-state index contributed by atoms with van der Waals surface area (Å²) in [5.41, 5.74) is 6.12. The Morgan fingerprint density at radius 3 is 2.53 bits per heavy atom. The molecule has 1 amide bonds. The molecule has 1 aliphatic carbocycles. The van der Waals surface area contributed by atoms with Crippen LogP contribution in [0.3, 0.4) is 0 Å². The minimum absolute atomic E-state index is 0.0832. The molecule has 4 nitrogen and oxygen atoms in total. The number of rotatable bonds is 2. The third-order valence-electron chi connectivity index (χ3n) is 3.89. The molecular formula is C14H18FN3O. The minimum Gasteiger partial charge on any atom is -0.399 e. The van der Waals surface area contributed by atoms with E-state index in [4.69, 9.17) is 5.73 Å². The van der Waals surface area contributed by atoms with Gasteiger partial charge in [-0.3, -0.25) is 9.69 Å². The van der Waals surface area contributed by atoms with Gasteiger partial charge in [0.15, 0.2) is 0 Å². The van der Waals surface area contributed by atoms with Crippen molar-refractivity contribution in [3.63, 3.8) is 0 Å². The molecule has 1 saturated heterocycles. The van der Waals surface area contributed by atoms with Crippen LogP contribution < -0.4 is 5.73 Å². The van der Waals surface area contributed by atoms with Gasteiger partial charge in [0.25, 0.3) is 5.91 Å². The number of carbonyl (C=O) groups excluding carboxylic acids is 1. The molecule has 2 fully saturated rings. The van der Waals surface area contributed by atoms with E-state index in [1.807, 2.05) is 0 Å². The predicted octanol–water partition coefficient (Wildman–Crippen LogP) is 1.33. The lowest BCUT2D eigenvalue weighted by atomic mass is 10.1. The molecule has 19 heavy (non-hydrogen) atoms. The second-order valence-electron chi connectivity index (χ2n) is 5.30. The normalized spacial score (nSPS) is 20.6. The van der Waals surface area contributed by atoms with Gasteiger partial charge in [-0.15, -0.1) is 0 Å². The first-order chi connectivity index (χ1) is 9.15. The van der Waals surface area contributed by atoms with Crippen LogP contribution in [-0.4, -0.2) is 47.9 Å². The number of halogens is 1. The van der Waals surface area contributed by atoms with E-state index in [0.29, 0.717) is 18.8 Å². The average molecular weight is 263 g/mol. The monoisotopic (exact) mass is 263 g/mol. The highest BCUT2D eigenvalue weighted by Crippen LogP contribution is 2.27. The van der Waals surface area contributed by atoms with Gasteiger partial charge in [-0.1, -0.05) is 0 Å². The molecule has 1 aromatic carbocycles. The van der Waals surface area contributed by atoms with Crippen molar-refractivity contribution in [3.8, 4) is 0 Å². The Morgan fingerprint density at radius 2 is 1.89 bits per heavy atom. The number of hydrogen-bond acceptors (Lipinski definition) is 3. The predicted molar refractivity (Wildman–Crippen MR) is 71.3 cm³/mol. The summed E-state index contributed by atoms with van der Waals surface area (Å²) in [6.45, 7) is 3.12. The van der Waals surface area contributed by atoms with Gasteiger partial charge in [0.05, 0.1) is 5.56 Å². The topological polar surface area (TPSA) is 49.6 Å². The van der Waals surface area contributed by atoms with Crippen molar-refractivity contribution in [1.29, 1.82) is 0 Å². The van der Waals surface area contributed by atoms with Crippen molar-refractivity contribution in [1.82, 2.24) is 9.80 Å². The Bertz CT molecular complexity index is 493. The lowest BCUT2D eigenvalue weighted by molar-refractivity contribution is 0.0623. The molecule has 0 aromatic heterocycles. The standard InChI is InChI=1S/C14H18FN3O/c15-13-4-1-10(16)9-12(13)14(19)18-7-5-17(6-8-18)11-2-3-11/h1,4,9,11H,2-3,5-8,16H2. The Balaban J connectivity index is 1.68. The second-order valence-corrected chi connectivity index (χ2v) is 5.30. The zero-order chi connectivity index (χ0) is 13.4. The van der Waals surface area contributed by atoms with Crippen molar-refractivity contribution in [3.05, 3.63) is 29.6 Å². The van der Waals surface area contributed by atoms with Gasteiger partial charge in [-0.2, -0.15) is 0 Å². The van der Waals surface area contributed by atoms with E-state index in [1.54, 1.807) is 4.90 Å². The SMILES string of the molecule is Nc1ccc(F)c(C(=O)N2CCN(C3CC3)CC2)c1. The van der Waals surface area contributed by atoms with E-state index in [1.165, 1.54) is 31.0 Å². The van der Waals surface area contributed by atoms with Crippen LogP contribution in [0.25, 0.3) is 0 Å². The van der Waals surface area contributed by atoms with Crippen molar-refractivity contribution < 1.29 is 9.18 Å². The number of benzene rings is 1. The molecule has 1 saturated carbocycles. The molecule has 1 heterocycles.